The van der Waals surface area contributed by atoms with Gasteiger partial charge in [-0.15, -0.1) is 0 Å². The van der Waals surface area contributed by atoms with E-state index in [4.69, 9.17) is 24.1 Å². The molecule has 8 heteroatoms. The van der Waals surface area contributed by atoms with E-state index in [1.54, 1.807) is 0 Å². The third-order valence-electron chi connectivity index (χ3n) is 6.74. The van der Waals surface area contributed by atoms with Crippen LogP contribution in [-0.4, -0.2) is 73.3 Å². The van der Waals surface area contributed by atoms with Crippen LogP contribution >= 0.6 is 0 Å². The average molecular weight is 475 g/mol. The second-order valence-corrected chi connectivity index (χ2v) is 10.3. The molecule has 34 heavy (non-hydrogen) atoms. The molecule has 3 aliphatic heterocycles. The Morgan fingerprint density at radius 1 is 1.12 bits per heavy atom. The third kappa shape index (κ3) is 6.23. The minimum absolute atomic E-state index is 0.00529. The topological polar surface area (TPSA) is 80.7 Å². The van der Waals surface area contributed by atoms with Crippen molar-refractivity contribution >= 4 is 5.91 Å². The van der Waals surface area contributed by atoms with Crippen molar-refractivity contribution in [2.75, 3.05) is 46.2 Å². The van der Waals surface area contributed by atoms with Crippen LogP contribution in [0.15, 0.2) is 30.0 Å². The van der Waals surface area contributed by atoms with Crippen LogP contribution in [0.25, 0.3) is 0 Å². The highest BCUT2D eigenvalue weighted by atomic mass is 16.7. The molecule has 1 fully saturated rings. The van der Waals surface area contributed by atoms with Crippen molar-refractivity contribution in [2.45, 2.75) is 52.9 Å². The van der Waals surface area contributed by atoms with Crippen molar-refractivity contribution in [1.29, 1.82) is 0 Å². The standard InChI is InChI=1S/C26H38N2O6/c1-26(2,3)20-15-23(34-24(16-20)31-13-5-4-12-29)25(30)28-10-8-27(9-11-28)17-19-6-7-21-22(14-19)33-18-32-21/h6-7,14-15,20,24,29H,4-5,8-13,16-18H2,1-3H3/t20-,24+/m1/s1. The summed E-state index contributed by atoms with van der Waals surface area (Å²) in [5.74, 6) is 2.14. The highest BCUT2D eigenvalue weighted by molar-refractivity contribution is 5.91. The first kappa shape index (κ1) is 24.8. The number of fused-ring (bicyclic) bond motifs is 1. The van der Waals surface area contributed by atoms with Gasteiger partial charge in [0.1, 0.15) is 0 Å². The van der Waals surface area contributed by atoms with E-state index in [-0.39, 0.29) is 30.6 Å². The predicted octanol–water partition coefficient (Wildman–Crippen LogP) is 3.14. The van der Waals surface area contributed by atoms with Crippen molar-refractivity contribution in [3.05, 3.63) is 35.6 Å². The Kier molecular flexibility index (Phi) is 8.01. The molecule has 0 radical (unpaired) electrons. The lowest BCUT2D eigenvalue weighted by Crippen LogP contribution is -2.49. The number of aliphatic hydroxyl groups excluding tert-OH is 1. The Morgan fingerprint density at radius 2 is 1.88 bits per heavy atom. The van der Waals surface area contributed by atoms with Crippen LogP contribution < -0.4 is 9.47 Å². The number of hydrogen-bond donors (Lipinski definition) is 1. The van der Waals surface area contributed by atoms with Crippen LogP contribution in [0, 0.1) is 11.3 Å². The number of rotatable bonds is 8. The number of aliphatic hydroxyl groups is 1. The van der Waals surface area contributed by atoms with Gasteiger partial charge >= 0.3 is 0 Å². The normalized spacial score (nSPS) is 22.9. The maximum absolute atomic E-state index is 13.3. The Balaban J connectivity index is 1.32. The van der Waals surface area contributed by atoms with Gasteiger partial charge in [-0.1, -0.05) is 26.8 Å². The largest absolute Gasteiger partial charge is 0.459 e. The Bertz CT molecular complexity index is 873. The quantitative estimate of drug-likeness (QED) is 0.580. The zero-order valence-corrected chi connectivity index (χ0v) is 20.6. The second kappa shape index (κ2) is 11.0. The van der Waals surface area contributed by atoms with E-state index in [2.05, 4.69) is 31.7 Å². The van der Waals surface area contributed by atoms with Crippen molar-refractivity contribution in [3.8, 4) is 11.5 Å². The molecular formula is C26H38N2O6. The average Bonchev–Trinajstić information content (AvgIpc) is 3.29. The number of allylic oxidation sites excluding steroid dienone is 1. The van der Waals surface area contributed by atoms with Crippen molar-refractivity contribution in [3.63, 3.8) is 0 Å². The summed E-state index contributed by atoms with van der Waals surface area (Å²) in [7, 11) is 0. The summed E-state index contributed by atoms with van der Waals surface area (Å²) < 4.78 is 22.8. The Hall–Kier alpha value is -2.29. The smallest absolute Gasteiger partial charge is 0.288 e. The molecule has 1 amide bonds. The summed E-state index contributed by atoms with van der Waals surface area (Å²) in [6, 6.07) is 6.06. The molecular weight excluding hydrogens is 436 g/mol. The zero-order chi connectivity index (χ0) is 24.1. The molecule has 188 valence electrons. The van der Waals surface area contributed by atoms with Gasteiger partial charge in [0.2, 0.25) is 13.1 Å². The van der Waals surface area contributed by atoms with E-state index < -0.39 is 6.29 Å². The number of benzene rings is 1. The monoisotopic (exact) mass is 474 g/mol. The zero-order valence-electron chi connectivity index (χ0n) is 20.6. The molecule has 0 aromatic heterocycles. The summed E-state index contributed by atoms with van der Waals surface area (Å²) >= 11 is 0. The minimum atomic E-state index is -0.431. The van der Waals surface area contributed by atoms with Gasteiger partial charge in [0, 0.05) is 45.8 Å². The Morgan fingerprint density at radius 3 is 2.62 bits per heavy atom. The SMILES string of the molecule is CC(C)(C)[C@@H]1C=C(C(=O)N2CCN(Cc3ccc4c(c3)OCO4)CC2)O[C@H](OCCCCO)C1. The highest BCUT2D eigenvalue weighted by Crippen LogP contribution is 2.37. The fraction of sp³-hybridized carbons (Fsp3) is 0.654. The van der Waals surface area contributed by atoms with Crippen LogP contribution in [0.5, 0.6) is 11.5 Å². The van der Waals surface area contributed by atoms with Gasteiger partial charge in [-0.25, -0.2) is 0 Å². The number of nitrogens with zero attached hydrogens (tertiary/aromatic N) is 2. The fourth-order valence-corrected chi connectivity index (χ4v) is 4.51. The molecule has 1 N–H and O–H groups in total. The van der Waals surface area contributed by atoms with E-state index >= 15 is 0 Å². The van der Waals surface area contributed by atoms with Gasteiger partial charge in [0.25, 0.3) is 5.91 Å². The van der Waals surface area contributed by atoms with Crippen molar-refractivity contribution in [2.24, 2.45) is 11.3 Å². The summed E-state index contributed by atoms with van der Waals surface area (Å²) in [4.78, 5) is 17.6. The number of amides is 1. The van der Waals surface area contributed by atoms with Crippen LogP contribution in [0.1, 0.15) is 45.6 Å². The number of piperazine rings is 1. The summed E-state index contributed by atoms with van der Waals surface area (Å²) in [6.07, 6.45) is 3.76. The number of carbonyl (C=O) groups excluding carboxylic acids is 1. The van der Waals surface area contributed by atoms with E-state index in [1.165, 1.54) is 5.56 Å². The molecule has 0 saturated carbocycles. The maximum Gasteiger partial charge on any atom is 0.288 e. The van der Waals surface area contributed by atoms with E-state index in [0.29, 0.717) is 31.9 Å². The van der Waals surface area contributed by atoms with Gasteiger partial charge < -0.3 is 29.0 Å². The molecule has 4 rings (SSSR count). The molecule has 8 nitrogen and oxygen atoms in total. The van der Waals surface area contributed by atoms with E-state index in [0.717, 1.165) is 44.0 Å². The molecule has 0 spiro atoms. The maximum atomic E-state index is 13.3. The highest BCUT2D eigenvalue weighted by Gasteiger charge is 2.36. The van der Waals surface area contributed by atoms with E-state index in [1.807, 2.05) is 23.1 Å². The summed E-state index contributed by atoms with van der Waals surface area (Å²) in [5.41, 5.74) is 1.18. The lowest BCUT2D eigenvalue weighted by molar-refractivity contribution is -0.159. The lowest BCUT2D eigenvalue weighted by Gasteiger charge is -2.39. The fourth-order valence-electron chi connectivity index (χ4n) is 4.51. The van der Waals surface area contributed by atoms with Gasteiger partial charge in [-0.3, -0.25) is 9.69 Å². The first-order chi connectivity index (χ1) is 16.3. The number of carbonyl (C=O) groups is 1. The van der Waals surface area contributed by atoms with Crippen LogP contribution in [-0.2, 0) is 20.8 Å². The van der Waals surface area contributed by atoms with Gasteiger partial charge in [0.05, 0.1) is 6.61 Å². The first-order valence-electron chi connectivity index (χ1n) is 12.3. The van der Waals surface area contributed by atoms with E-state index in [9.17, 15) is 4.79 Å². The van der Waals surface area contributed by atoms with Gasteiger partial charge in [0.15, 0.2) is 17.3 Å². The molecule has 3 aliphatic rings. The molecule has 0 bridgehead atoms. The summed E-state index contributed by atoms with van der Waals surface area (Å²) in [6.45, 7) is 11.2. The van der Waals surface area contributed by atoms with Crippen molar-refractivity contribution in [1.82, 2.24) is 9.80 Å². The predicted molar refractivity (Wildman–Crippen MR) is 127 cm³/mol. The molecule has 0 aliphatic carbocycles. The first-order valence-corrected chi connectivity index (χ1v) is 12.3. The van der Waals surface area contributed by atoms with Crippen LogP contribution in [0.3, 0.4) is 0 Å². The second-order valence-electron chi connectivity index (χ2n) is 10.3. The molecule has 1 aromatic carbocycles. The van der Waals surface area contributed by atoms with Crippen LogP contribution in [0.4, 0.5) is 0 Å². The number of unbranched alkanes of at least 4 members (excludes halogenated alkanes) is 1. The lowest BCUT2D eigenvalue weighted by atomic mass is 9.77. The van der Waals surface area contributed by atoms with Crippen molar-refractivity contribution < 1.29 is 28.8 Å². The summed E-state index contributed by atoms with van der Waals surface area (Å²) in [5, 5.41) is 8.99. The van der Waals surface area contributed by atoms with Gasteiger partial charge in [-0.05, 0) is 47.9 Å². The molecule has 0 unspecified atom stereocenters. The molecule has 2 atom stereocenters. The number of hydrogen-bond acceptors (Lipinski definition) is 7. The molecule has 3 heterocycles. The molecule has 1 aromatic rings. The minimum Gasteiger partial charge on any atom is -0.459 e. The van der Waals surface area contributed by atoms with Crippen LogP contribution in [0.2, 0.25) is 0 Å². The third-order valence-corrected chi connectivity index (χ3v) is 6.74. The Labute approximate surface area is 202 Å². The van der Waals surface area contributed by atoms with Gasteiger partial charge in [-0.2, -0.15) is 0 Å². The number of ether oxygens (including phenoxy) is 4. The molecule has 1 saturated heterocycles.